The summed E-state index contributed by atoms with van der Waals surface area (Å²) in [7, 11) is 0. The van der Waals surface area contributed by atoms with Gasteiger partial charge in [0.05, 0.1) is 11.9 Å². The van der Waals surface area contributed by atoms with Gasteiger partial charge in [0.25, 0.3) is 5.91 Å². The number of benzene rings is 1. The summed E-state index contributed by atoms with van der Waals surface area (Å²) >= 11 is 0. The van der Waals surface area contributed by atoms with Gasteiger partial charge in [0, 0.05) is 30.2 Å². The molecule has 0 radical (unpaired) electrons. The molecule has 6 N–H and O–H groups in total. The van der Waals surface area contributed by atoms with Gasteiger partial charge in [-0.3, -0.25) is 4.79 Å². The van der Waals surface area contributed by atoms with Gasteiger partial charge in [0.15, 0.2) is 11.5 Å². The van der Waals surface area contributed by atoms with Gasteiger partial charge in [-0.1, -0.05) is 12.8 Å². The van der Waals surface area contributed by atoms with Crippen LogP contribution in [0.25, 0.3) is 5.69 Å². The Morgan fingerprint density at radius 3 is 2.66 bits per heavy atom. The van der Waals surface area contributed by atoms with Crippen molar-refractivity contribution in [2.24, 2.45) is 11.5 Å². The van der Waals surface area contributed by atoms with Gasteiger partial charge in [-0.05, 0) is 43.2 Å². The topological polar surface area (TPSA) is 137 Å². The van der Waals surface area contributed by atoms with Crippen LogP contribution in [0.15, 0.2) is 48.9 Å². The molecule has 0 aliphatic heterocycles. The number of nitrogens with zero attached hydrogens (tertiary/aromatic N) is 4. The number of primary amides is 1. The molecule has 2 unspecified atom stereocenters. The van der Waals surface area contributed by atoms with E-state index in [1.54, 1.807) is 10.9 Å². The summed E-state index contributed by atoms with van der Waals surface area (Å²) in [5, 5.41) is 10.7. The van der Waals surface area contributed by atoms with Crippen molar-refractivity contribution in [3.05, 3.63) is 54.6 Å². The highest BCUT2D eigenvalue weighted by Gasteiger charge is 2.22. The normalized spacial score (nSPS) is 18.9. The van der Waals surface area contributed by atoms with Gasteiger partial charge in [-0.15, -0.1) is 0 Å². The Morgan fingerprint density at radius 2 is 1.97 bits per heavy atom. The van der Waals surface area contributed by atoms with Gasteiger partial charge in [0.1, 0.15) is 5.82 Å². The smallest absolute Gasteiger partial charge is 0.271 e. The summed E-state index contributed by atoms with van der Waals surface area (Å²) in [5.41, 5.74) is 13.4. The first-order valence-corrected chi connectivity index (χ1v) is 9.66. The molecule has 1 fully saturated rings. The molecule has 1 amide bonds. The molecule has 1 saturated carbocycles. The molecular weight excluding hydrogens is 368 g/mol. The van der Waals surface area contributed by atoms with E-state index in [0.717, 1.165) is 37.1 Å². The van der Waals surface area contributed by atoms with Crippen LogP contribution in [0, 0.1) is 0 Å². The standard InChI is InChI=1S/C20H24N8O/c21-15-4-1-2-5-16(15)26-17-12-23-18(19(22)29)20(27-17)25-13-6-8-14(9-7-13)28-11-3-10-24-28/h3,6-12,15-16H,1-2,4-5,21H2,(H2,22,29)(H2,25,26,27). The molecule has 1 aromatic carbocycles. The number of hydrogen-bond donors (Lipinski definition) is 4. The minimum Gasteiger partial charge on any atom is -0.364 e. The molecule has 1 aliphatic rings. The van der Waals surface area contributed by atoms with Crippen LogP contribution in [0.1, 0.15) is 36.2 Å². The van der Waals surface area contributed by atoms with Crippen LogP contribution in [-0.4, -0.2) is 37.7 Å². The fourth-order valence-electron chi connectivity index (χ4n) is 3.51. The molecule has 4 rings (SSSR count). The molecule has 0 spiro atoms. The molecule has 0 saturated heterocycles. The Hall–Kier alpha value is -3.46. The zero-order valence-electron chi connectivity index (χ0n) is 16.0. The summed E-state index contributed by atoms with van der Waals surface area (Å²) in [6, 6.07) is 9.65. The molecule has 29 heavy (non-hydrogen) atoms. The van der Waals surface area contributed by atoms with Crippen LogP contribution in [0.3, 0.4) is 0 Å². The molecule has 0 bridgehead atoms. The fraction of sp³-hybridized carbons (Fsp3) is 0.300. The van der Waals surface area contributed by atoms with E-state index in [9.17, 15) is 4.79 Å². The summed E-state index contributed by atoms with van der Waals surface area (Å²) in [6.07, 6.45) is 9.35. The van der Waals surface area contributed by atoms with Crippen molar-refractivity contribution in [3.63, 3.8) is 0 Å². The number of rotatable bonds is 6. The summed E-state index contributed by atoms with van der Waals surface area (Å²) in [6.45, 7) is 0. The van der Waals surface area contributed by atoms with Gasteiger partial charge in [0.2, 0.25) is 0 Å². The fourth-order valence-corrected chi connectivity index (χ4v) is 3.51. The lowest BCUT2D eigenvalue weighted by atomic mass is 9.91. The number of carbonyl (C=O) groups excluding carboxylic acids is 1. The zero-order chi connectivity index (χ0) is 20.2. The van der Waals surface area contributed by atoms with Crippen molar-refractivity contribution in [1.29, 1.82) is 0 Å². The molecule has 2 atom stereocenters. The molecule has 3 aromatic rings. The lowest BCUT2D eigenvalue weighted by molar-refractivity contribution is 0.0996. The predicted octanol–water partition coefficient (Wildman–Crippen LogP) is 2.19. The van der Waals surface area contributed by atoms with Crippen LogP contribution >= 0.6 is 0 Å². The second-order valence-corrected chi connectivity index (χ2v) is 7.14. The van der Waals surface area contributed by atoms with Crippen LogP contribution < -0.4 is 22.1 Å². The summed E-state index contributed by atoms with van der Waals surface area (Å²) in [4.78, 5) is 20.5. The van der Waals surface area contributed by atoms with Gasteiger partial charge < -0.3 is 22.1 Å². The third kappa shape index (κ3) is 4.35. The van der Waals surface area contributed by atoms with Gasteiger partial charge in [-0.2, -0.15) is 5.10 Å². The minimum absolute atomic E-state index is 0.0765. The van der Waals surface area contributed by atoms with Crippen LogP contribution in [-0.2, 0) is 0 Å². The summed E-state index contributed by atoms with van der Waals surface area (Å²) < 4.78 is 1.76. The van der Waals surface area contributed by atoms with Crippen LogP contribution in [0.5, 0.6) is 0 Å². The minimum atomic E-state index is -0.644. The third-order valence-corrected chi connectivity index (χ3v) is 5.06. The molecular formula is C20H24N8O. The molecule has 9 heteroatoms. The maximum absolute atomic E-state index is 11.8. The van der Waals surface area contributed by atoms with Crippen molar-refractivity contribution in [1.82, 2.24) is 19.7 Å². The van der Waals surface area contributed by atoms with Crippen molar-refractivity contribution < 1.29 is 4.79 Å². The Labute approximate surface area is 168 Å². The Kier molecular flexibility index (Phi) is 5.39. The average molecular weight is 392 g/mol. The molecule has 2 aromatic heterocycles. The van der Waals surface area contributed by atoms with Crippen LogP contribution in [0.2, 0.25) is 0 Å². The van der Waals surface area contributed by atoms with E-state index in [4.69, 9.17) is 11.5 Å². The molecule has 150 valence electrons. The number of nitrogens with two attached hydrogens (primary N) is 2. The first kappa shape index (κ1) is 18.9. The largest absolute Gasteiger partial charge is 0.364 e. The zero-order valence-corrected chi connectivity index (χ0v) is 16.0. The highest BCUT2D eigenvalue weighted by Crippen LogP contribution is 2.23. The van der Waals surface area contributed by atoms with Crippen molar-refractivity contribution >= 4 is 23.2 Å². The van der Waals surface area contributed by atoms with E-state index in [1.165, 1.54) is 6.20 Å². The first-order chi connectivity index (χ1) is 14.1. The van der Waals surface area contributed by atoms with Crippen molar-refractivity contribution in [2.75, 3.05) is 10.6 Å². The van der Waals surface area contributed by atoms with E-state index in [0.29, 0.717) is 11.6 Å². The maximum Gasteiger partial charge on any atom is 0.271 e. The highest BCUT2D eigenvalue weighted by molar-refractivity contribution is 5.96. The number of nitrogens with one attached hydrogen (secondary N) is 2. The Morgan fingerprint density at radius 1 is 1.17 bits per heavy atom. The average Bonchev–Trinajstić information content (AvgIpc) is 3.25. The Balaban J connectivity index is 1.55. The molecule has 1 aliphatic carbocycles. The third-order valence-electron chi connectivity index (χ3n) is 5.06. The van der Waals surface area contributed by atoms with Gasteiger partial charge >= 0.3 is 0 Å². The molecule has 2 heterocycles. The van der Waals surface area contributed by atoms with Crippen LogP contribution in [0.4, 0.5) is 17.3 Å². The molecule has 9 nitrogen and oxygen atoms in total. The number of carbonyl (C=O) groups is 1. The first-order valence-electron chi connectivity index (χ1n) is 9.66. The number of hydrogen-bond acceptors (Lipinski definition) is 7. The second kappa shape index (κ2) is 8.27. The monoisotopic (exact) mass is 392 g/mol. The SMILES string of the molecule is NC(=O)c1ncc(NC2CCCCC2N)nc1Nc1ccc(-n2cccn2)cc1. The van der Waals surface area contributed by atoms with Crippen molar-refractivity contribution in [2.45, 2.75) is 37.8 Å². The second-order valence-electron chi connectivity index (χ2n) is 7.14. The van der Waals surface area contributed by atoms with Crippen molar-refractivity contribution in [3.8, 4) is 5.69 Å². The van der Waals surface area contributed by atoms with E-state index >= 15 is 0 Å². The predicted molar refractivity (Wildman–Crippen MR) is 111 cm³/mol. The van der Waals surface area contributed by atoms with E-state index in [-0.39, 0.29) is 17.8 Å². The van der Waals surface area contributed by atoms with E-state index in [1.807, 2.05) is 36.5 Å². The van der Waals surface area contributed by atoms with E-state index in [2.05, 4.69) is 25.7 Å². The van der Waals surface area contributed by atoms with Gasteiger partial charge in [-0.25, -0.2) is 14.6 Å². The quantitative estimate of drug-likeness (QED) is 0.504. The number of aromatic nitrogens is 4. The Bertz CT molecular complexity index is 971. The van der Waals surface area contributed by atoms with E-state index < -0.39 is 5.91 Å². The highest BCUT2D eigenvalue weighted by atomic mass is 16.1. The lowest BCUT2D eigenvalue weighted by Crippen LogP contribution is -2.42. The maximum atomic E-state index is 11.8. The number of amides is 1. The number of anilines is 3. The lowest BCUT2D eigenvalue weighted by Gasteiger charge is -2.29. The summed E-state index contributed by atoms with van der Waals surface area (Å²) in [5.74, 6) is 0.223.